The summed E-state index contributed by atoms with van der Waals surface area (Å²) in [5.41, 5.74) is 3.63. The van der Waals surface area contributed by atoms with E-state index < -0.39 is 0 Å². The number of imidazole rings is 1. The van der Waals surface area contributed by atoms with Gasteiger partial charge in [-0.25, -0.2) is 0 Å². The quantitative estimate of drug-likeness (QED) is 0.710. The first kappa shape index (κ1) is 14.9. The molecule has 1 atom stereocenters. The summed E-state index contributed by atoms with van der Waals surface area (Å²) in [6.07, 6.45) is 1.70. The molecule has 0 saturated carbocycles. The van der Waals surface area contributed by atoms with Crippen molar-refractivity contribution in [3.05, 3.63) is 76.8 Å². The van der Waals surface area contributed by atoms with Crippen LogP contribution in [-0.2, 0) is 0 Å². The van der Waals surface area contributed by atoms with E-state index in [1.807, 2.05) is 53.4 Å². The van der Waals surface area contributed by atoms with E-state index in [4.69, 9.17) is 12.2 Å². The highest BCUT2D eigenvalue weighted by Gasteiger charge is 2.31. The zero-order valence-electron chi connectivity index (χ0n) is 13.3. The van der Waals surface area contributed by atoms with Crippen molar-refractivity contribution in [2.24, 2.45) is 0 Å². The molecule has 3 aromatic rings. The summed E-state index contributed by atoms with van der Waals surface area (Å²) in [4.78, 5) is 18.1. The van der Waals surface area contributed by atoms with Crippen LogP contribution in [0.3, 0.4) is 0 Å². The molecule has 0 radical (unpaired) electrons. The third-order valence-corrected chi connectivity index (χ3v) is 4.77. The summed E-state index contributed by atoms with van der Waals surface area (Å²) < 4.78 is 2.31. The van der Waals surface area contributed by atoms with Gasteiger partial charge in [-0.15, -0.1) is 0 Å². The normalized spacial score (nSPS) is 16.2. The summed E-state index contributed by atoms with van der Waals surface area (Å²) in [6, 6.07) is 17.8. The largest absolute Gasteiger partial charge is 0.336 e. The third-order valence-electron chi connectivity index (χ3n) is 4.47. The Bertz CT molecular complexity index is 958. The van der Waals surface area contributed by atoms with Crippen LogP contribution in [0.5, 0.6) is 0 Å². The number of benzene rings is 2. The highest BCUT2D eigenvalue weighted by molar-refractivity contribution is 7.71. The molecule has 120 valence electrons. The van der Waals surface area contributed by atoms with Crippen molar-refractivity contribution >= 4 is 23.8 Å². The fourth-order valence-electron chi connectivity index (χ4n) is 3.31. The van der Waals surface area contributed by atoms with Gasteiger partial charge in [0.15, 0.2) is 4.77 Å². The van der Waals surface area contributed by atoms with Crippen molar-refractivity contribution in [3.8, 4) is 5.69 Å². The Morgan fingerprint density at radius 3 is 2.62 bits per heavy atom. The molecular formula is C19H17N3OS. The lowest BCUT2D eigenvalue weighted by Gasteiger charge is -2.18. The molecule has 24 heavy (non-hydrogen) atoms. The molecule has 1 N–H and O–H groups in total. The molecule has 4 nitrogen and oxygen atoms in total. The highest BCUT2D eigenvalue weighted by Crippen LogP contribution is 2.36. The van der Waals surface area contributed by atoms with E-state index in [2.05, 4.69) is 18.0 Å². The average molecular weight is 335 g/mol. The topological polar surface area (TPSA) is 41.0 Å². The summed E-state index contributed by atoms with van der Waals surface area (Å²) in [7, 11) is 0. The number of nitrogens with zero attached hydrogens (tertiary/aromatic N) is 2. The number of hydrogen-bond donors (Lipinski definition) is 1. The second kappa shape index (κ2) is 5.76. The van der Waals surface area contributed by atoms with Crippen LogP contribution in [0.25, 0.3) is 5.69 Å². The van der Waals surface area contributed by atoms with Crippen LogP contribution in [0, 0.1) is 4.77 Å². The van der Waals surface area contributed by atoms with E-state index >= 15 is 0 Å². The molecule has 5 heteroatoms. The number of fused-ring (bicyclic) bond motifs is 1. The molecule has 4 rings (SSSR count). The SMILES string of the molecule is C[C@@H]1CN(C(=O)c2c[nH]c(=S)n2-c2ccccc2)c2ccccc21. The minimum atomic E-state index is -0.0389. The first-order valence-corrected chi connectivity index (χ1v) is 8.34. The van der Waals surface area contributed by atoms with Gasteiger partial charge in [-0.1, -0.05) is 43.3 Å². The predicted octanol–water partition coefficient (Wildman–Crippen LogP) is 4.30. The van der Waals surface area contributed by atoms with Crippen LogP contribution in [0.15, 0.2) is 60.8 Å². The van der Waals surface area contributed by atoms with Crippen LogP contribution in [0.1, 0.15) is 28.9 Å². The van der Waals surface area contributed by atoms with E-state index in [9.17, 15) is 4.79 Å². The fraction of sp³-hybridized carbons (Fsp3) is 0.158. The lowest BCUT2D eigenvalue weighted by molar-refractivity contribution is 0.0981. The molecule has 0 unspecified atom stereocenters. The Balaban J connectivity index is 1.79. The summed E-state index contributed by atoms with van der Waals surface area (Å²) in [5.74, 6) is 0.292. The molecule has 0 bridgehead atoms. The third kappa shape index (κ3) is 2.29. The Morgan fingerprint density at radius 1 is 1.12 bits per heavy atom. The van der Waals surface area contributed by atoms with Gasteiger partial charge in [0.25, 0.3) is 5.91 Å². The summed E-state index contributed by atoms with van der Waals surface area (Å²) >= 11 is 5.39. The molecule has 1 aliphatic heterocycles. The fourth-order valence-corrected chi connectivity index (χ4v) is 3.57. The van der Waals surface area contributed by atoms with Gasteiger partial charge < -0.3 is 9.88 Å². The Hall–Kier alpha value is -2.66. The van der Waals surface area contributed by atoms with E-state index in [1.54, 1.807) is 10.8 Å². The lowest BCUT2D eigenvalue weighted by Crippen LogP contribution is -2.31. The molecule has 0 saturated heterocycles. The second-order valence-electron chi connectivity index (χ2n) is 6.03. The van der Waals surface area contributed by atoms with E-state index in [0.717, 1.165) is 11.4 Å². The number of H-pyrrole nitrogens is 1. The molecule has 1 amide bonds. The number of aromatic nitrogens is 2. The van der Waals surface area contributed by atoms with Crippen molar-refractivity contribution in [2.45, 2.75) is 12.8 Å². The number of anilines is 1. The van der Waals surface area contributed by atoms with Gasteiger partial charge in [-0.2, -0.15) is 0 Å². The van der Waals surface area contributed by atoms with E-state index in [0.29, 0.717) is 22.9 Å². The van der Waals surface area contributed by atoms with Crippen LogP contribution in [0.4, 0.5) is 5.69 Å². The molecule has 1 aliphatic rings. The number of rotatable bonds is 2. The molecule has 0 aliphatic carbocycles. The number of hydrogen-bond acceptors (Lipinski definition) is 2. The molecular weight excluding hydrogens is 318 g/mol. The van der Waals surface area contributed by atoms with Crippen LogP contribution in [0.2, 0.25) is 0 Å². The van der Waals surface area contributed by atoms with Crippen molar-refractivity contribution in [1.29, 1.82) is 0 Å². The standard InChI is InChI=1S/C19H17N3OS/c1-13-12-21(16-10-6-5-9-15(13)16)18(23)17-11-20-19(24)22(17)14-7-3-2-4-8-14/h2-11,13H,12H2,1H3,(H,20,24)/t13-/m1/s1. The number of nitrogens with one attached hydrogen (secondary N) is 1. The average Bonchev–Trinajstić information content (AvgIpc) is 3.16. The van der Waals surface area contributed by atoms with Gasteiger partial charge in [-0.05, 0) is 36.0 Å². The van der Waals surface area contributed by atoms with Crippen molar-refractivity contribution < 1.29 is 4.79 Å². The van der Waals surface area contributed by atoms with Gasteiger partial charge >= 0.3 is 0 Å². The maximum atomic E-state index is 13.2. The Kier molecular flexibility index (Phi) is 3.58. The zero-order chi connectivity index (χ0) is 16.7. The van der Waals surface area contributed by atoms with Crippen LogP contribution in [-0.4, -0.2) is 22.0 Å². The lowest BCUT2D eigenvalue weighted by atomic mass is 10.0. The summed E-state index contributed by atoms with van der Waals surface area (Å²) in [5, 5.41) is 0. The van der Waals surface area contributed by atoms with Gasteiger partial charge in [0.2, 0.25) is 0 Å². The number of carbonyl (C=O) groups is 1. The smallest absolute Gasteiger partial charge is 0.276 e. The maximum Gasteiger partial charge on any atom is 0.276 e. The predicted molar refractivity (Wildman–Crippen MR) is 97.5 cm³/mol. The molecule has 1 aromatic heterocycles. The first-order valence-electron chi connectivity index (χ1n) is 7.93. The van der Waals surface area contributed by atoms with Crippen molar-refractivity contribution in [3.63, 3.8) is 0 Å². The minimum absolute atomic E-state index is 0.0389. The van der Waals surface area contributed by atoms with Crippen molar-refractivity contribution in [1.82, 2.24) is 9.55 Å². The van der Waals surface area contributed by atoms with Crippen LogP contribution >= 0.6 is 12.2 Å². The molecule has 2 heterocycles. The molecule has 2 aromatic carbocycles. The van der Waals surface area contributed by atoms with Crippen LogP contribution < -0.4 is 4.90 Å². The van der Waals surface area contributed by atoms with Crippen molar-refractivity contribution in [2.75, 3.05) is 11.4 Å². The Labute approximate surface area is 145 Å². The van der Waals surface area contributed by atoms with Gasteiger partial charge in [-0.3, -0.25) is 9.36 Å². The first-order chi connectivity index (χ1) is 11.7. The van der Waals surface area contributed by atoms with E-state index in [-0.39, 0.29) is 5.91 Å². The Morgan fingerprint density at radius 2 is 1.83 bits per heavy atom. The maximum absolute atomic E-state index is 13.2. The van der Waals surface area contributed by atoms with Gasteiger partial charge in [0, 0.05) is 30.0 Å². The van der Waals surface area contributed by atoms with Gasteiger partial charge in [0.1, 0.15) is 5.69 Å². The zero-order valence-corrected chi connectivity index (χ0v) is 14.1. The number of amides is 1. The molecule has 0 fully saturated rings. The van der Waals surface area contributed by atoms with Gasteiger partial charge in [0.05, 0.1) is 0 Å². The minimum Gasteiger partial charge on any atom is -0.336 e. The highest BCUT2D eigenvalue weighted by atomic mass is 32.1. The second-order valence-corrected chi connectivity index (χ2v) is 6.41. The van der Waals surface area contributed by atoms with E-state index in [1.165, 1.54) is 5.56 Å². The number of para-hydroxylation sites is 2. The molecule has 0 spiro atoms. The summed E-state index contributed by atoms with van der Waals surface area (Å²) in [6.45, 7) is 2.83. The number of carbonyl (C=O) groups excluding carboxylic acids is 1. The number of aromatic amines is 1. The monoisotopic (exact) mass is 335 g/mol.